The van der Waals surface area contributed by atoms with Crippen LogP contribution in [0.25, 0.3) is 0 Å². The molecule has 0 saturated heterocycles. The van der Waals surface area contributed by atoms with Crippen molar-refractivity contribution in [2.24, 2.45) is 0 Å². The van der Waals surface area contributed by atoms with Gasteiger partial charge in [-0.3, -0.25) is 0 Å². The van der Waals surface area contributed by atoms with Crippen molar-refractivity contribution in [3.05, 3.63) is 16.1 Å². The van der Waals surface area contributed by atoms with E-state index in [0.29, 0.717) is 0 Å². The van der Waals surface area contributed by atoms with Crippen molar-refractivity contribution >= 4 is 36.2 Å². The molecule has 0 spiro atoms. The van der Waals surface area contributed by atoms with Gasteiger partial charge in [0.05, 0.1) is 5.01 Å². The molecule has 12 heavy (non-hydrogen) atoms. The molecule has 1 aromatic heterocycles. The van der Waals surface area contributed by atoms with E-state index in [4.69, 9.17) is 0 Å². The number of nitrogens with one attached hydrogen (secondary N) is 1. The highest BCUT2D eigenvalue weighted by molar-refractivity contribution is 7.11. The summed E-state index contributed by atoms with van der Waals surface area (Å²) in [7, 11) is 1.97. The Bertz CT molecular complexity index is 203. The molecule has 1 heterocycles. The third kappa shape index (κ3) is 4.93. The summed E-state index contributed by atoms with van der Waals surface area (Å²) in [4.78, 5) is 5.53. The minimum Gasteiger partial charge on any atom is -0.319 e. The highest BCUT2D eigenvalue weighted by Crippen LogP contribution is 2.10. The molecule has 72 valence electrons. The van der Waals surface area contributed by atoms with Gasteiger partial charge >= 0.3 is 0 Å². The fraction of sp³-hybridized carbons (Fsp3) is 0.571. The first-order chi connectivity index (χ1) is 4.83. The van der Waals surface area contributed by atoms with Gasteiger partial charge in [-0.1, -0.05) is 0 Å². The molecule has 1 N–H and O–H groups in total. The van der Waals surface area contributed by atoms with E-state index in [2.05, 4.69) is 10.3 Å². The summed E-state index contributed by atoms with van der Waals surface area (Å²) in [6.07, 6.45) is 3.05. The first-order valence-corrected chi connectivity index (χ1v) is 4.20. The van der Waals surface area contributed by atoms with E-state index >= 15 is 0 Å². The molecule has 5 heteroatoms. The van der Waals surface area contributed by atoms with E-state index < -0.39 is 0 Å². The summed E-state index contributed by atoms with van der Waals surface area (Å²) < 4.78 is 0. The van der Waals surface area contributed by atoms with Crippen LogP contribution in [-0.4, -0.2) is 18.6 Å². The van der Waals surface area contributed by atoms with E-state index in [1.807, 2.05) is 20.2 Å². The maximum absolute atomic E-state index is 4.16. The Morgan fingerprint density at radius 3 is 2.58 bits per heavy atom. The summed E-state index contributed by atoms with van der Waals surface area (Å²) in [5.74, 6) is 0. The van der Waals surface area contributed by atoms with Gasteiger partial charge in [-0.2, -0.15) is 0 Å². The van der Waals surface area contributed by atoms with Crippen molar-refractivity contribution in [3.63, 3.8) is 0 Å². The predicted octanol–water partition coefficient (Wildman–Crippen LogP) is 2.06. The van der Waals surface area contributed by atoms with Crippen molar-refractivity contribution in [1.29, 1.82) is 0 Å². The van der Waals surface area contributed by atoms with Crippen LogP contribution < -0.4 is 5.32 Å². The average molecular weight is 229 g/mol. The molecule has 0 aliphatic rings. The maximum Gasteiger partial charge on any atom is 0.0896 e. The molecule has 0 aliphatic heterocycles. The number of likely N-dealkylation sites (N-methyl/N-ethyl adjacent to an activating group) is 1. The predicted molar refractivity (Wildman–Crippen MR) is 59.0 cm³/mol. The van der Waals surface area contributed by atoms with Gasteiger partial charge in [0.1, 0.15) is 0 Å². The topological polar surface area (TPSA) is 24.9 Å². The molecule has 0 radical (unpaired) electrons. The first kappa shape index (κ1) is 14.7. The van der Waals surface area contributed by atoms with Crippen molar-refractivity contribution in [3.8, 4) is 0 Å². The Morgan fingerprint density at radius 2 is 2.17 bits per heavy atom. The van der Waals surface area contributed by atoms with Crippen LogP contribution in [0.3, 0.4) is 0 Å². The van der Waals surface area contributed by atoms with Crippen LogP contribution in [-0.2, 0) is 6.42 Å². The molecule has 0 unspecified atom stereocenters. The largest absolute Gasteiger partial charge is 0.319 e. The Labute approximate surface area is 89.6 Å². The molecule has 0 bridgehead atoms. The van der Waals surface area contributed by atoms with Crippen LogP contribution in [0.4, 0.5) is 0 Å². The van der Waals surface area contributed by atoms with Crippen molar-refractivity contribution in [1.82, 2.24) is 10.3 Å². The lowest BCUT2D eigenvalue weighted by Crippen LogP contribution is -2.09. The number of hydrogen-bond acceptors (Lipinski definition) is 3. The average Bonchev–Trinajstić information content (AvgIpc) is 2.31. The summed E-state index contributed by atoms with van der Waals surface area (Å²) in [6, 6.07) is 0. The van der Waals surface area contributed by atoms with Gasteiger partial charge in [0, 0.05) is 11.1 Å². The standard InChI is InChI=1S/C7H12N2S.2ClH/c1-6-9-5-7(10-6)3-4-8-2;;/h5,8H,3-4H2,1-2H3;2*1H. The molecule has 0 aliphatic carbocycles. The molecular formula is C7H14Cl2N2S. The van der Waals surface area contributed by atoms with Gasteiger partial charge in [0.2, 0.25) is 0 Å². The number of thiazole rings is 1. The lowest BCUT2D eigenvalue weighted by Gasteiger charge is -1.92. The molecule has 0 aromatic carbocycles. The van der Waals surface area contributed by atoms with E-state index in [-0.39, 0.29) is 24.8 Å². The monoisotopic (exact) mass is 228 g/mol. The second-order valence-corrected chi connectivity index (χ2v) is 3.52. The molecule has 1 aromatic rings. The minimum absolute atomic E-state index is 0. The zero-order chi connectivity index (χ0) is 7.40. The van der Waals surface area contributed by atoms with Crippen LogP contribution in [0, 0.1) is 6.92 Å². The quantitative estimate of drug-likeness (QED) is 0.858. The van der Waals surface area contributed by atoms with Crippen molar-refractivity contribution < 1.29 is 0 Å². The molecule has 0 fully saturated rings. The summed E-state index contributed by atoms with van der Waals surface area (Å²) in [5.41, 5.74) is 0. The first-order valence-electron chi connectivity index (χ1n) is 3.39. The Hall–Kier alpha value is 0.170. The molecule has 0 saturated carbocycles. The smallest absolute Gasteiger partial charge is 0.0896 e. The minimum atomic E-state index is 0. The van der Waals surface area contributed by atoms with Gasteiger partial charge < -0.3 is 5.32 Å². The second kappa shape index (κ2) is 7.80. The Morgan fingerprint density at radius 1 is 1.50 bits per heavy atom. The van der Waals surface area contributed by atoms with Gasteiger partial charge in [-0.25, -0.2) is 4.98 Å². The van der Waals surface area contributed by atoms with E-state index in [0.717, 1.165) is 18.0 Å². The van der Waals surface area contributed by atoms with Gasteiger partial charge in [0.25, 0.3) is 0 Å². The molecule has 0 amide bonds. The van der Waals surface area contributed by atoms with E-state index in [1.165, 1.54) is 4.88 Å². The Balaban J connectivity index is 0. The fourth-order valence-corrected chi connectivity index (χ4v) is 1.56. The molecule has 1 rings (SSSR count). The number of halogens is 2. The highest BCUT2D eigenvalue weighted by atomic mass is 35.5. The number of rotatable bonds is 3. The lowest BCUT2D eigenvalue weighted by atomic mass is 10.4. The highest BCUT2D eigenvalue weighted by Gasteiger charge is 1.95. The van der Waals surface area contributed by atoms with E-state index in [1.54, 1.807) is 11.3 Å². The van der Waals surface area contributed by atoms with E-state index in [9.17, 15) is 0 Å². The molecular weight excluding hydrogens is 215 g/mol. The summed E-state index contributed by atoms with van der Waals surface area (Å²) >= 11 is 1.78. The zero-order valence-electron chi connectivity index (χ0n) is 7.16. The zero-order valence-corrected chi connectivity index (χ0v) is 9.61. The van der Waals surface area contributed by atoms with Gasteiger partial charge in [-0.05, 0) is 26.9 Å². The second-order valence-electron chi connectivity index (χ2n) is 2.20. The van der Waals surface area contributed by atoms with Crippen LogP contribution in [0.15, 0.2) is 6.20 Å². The summed E-state index contributed by atoms with van der Waals surface area (Å²) in [5, 5.41) is 4.26. The fourth-order valence-electron chi connectivity index (χ4n) is 0.769. The van der Waals surface area contributed by atoms with Gasteiger partial charge in [-0.15, -0.1) is 36.2 Å². The normalized spacial score (nSPS) is 8.50. The SMILES string of the molecule is CNCCc1cnc(C)s1.Cl.Cl. The Kier molecular flexibility index (Phi) is 9.54. The molecule has 2 nitrogen and oxygen atoms in total. The van der Waals surface area contributed by atoms with Crippen LogP contribution >= 0.6 is 36.2 Å². The van der Waals surface area contributed by atoms with Crippen LogP contribution in [0.5, 0.6) is 0 Å². The van der Waals surface area contributed by atoms with Crippen LogP contribution in [0.2, 0.25) is 0 Å². The summed E-state index contributed by atoms with van der Waals surface area (Å²) in [6.45, 7) is 3.08. The number of nitrogens with zero attached hydrogens (tertiary/aromatic N) is 1. The third-order valence-electron chi connectivity index (χ3n) is 1.29. The van der Waals surface area contributed by atoms with Crippen molar-refractivity contribution in [2.75, 3.05) is 13.6 Å². The number of aromatic nitrogens is 1. The number of hydrogen-bond donors (Lipinski definition) is 1. The number of aryl methyl sites for hydroxylation is 1. The van der Waals surface area contributed by atoms with Crippen LogP contribution in [0.1, 0.15) is 9.88 Å². The maximum atomic E-state index is 4.16. The van der Waals surface area contributed by atoms with Gasteiger partial charge in [0.15, 0.2) is 0 Å². The third-order valence-corrected chi connectivity index (χ3v) is 2.26. The lowest BCUT2D eigenvalue weighted by molar-refractivity contribution is 0.798. The molecule has 0 atom stereocenters. The van der Waals surface area contributed by atoms with Crippen molar-refractivity contribution in [2.45, 2.75) is 13.3 Å².